The third-order valence-electron chi connectivity index (χ3n) is 1.73. The van der Waals surface area contributed by atoms with Gasteiger partial charge in [-0.2, -0.15) is 0 Å². The second-order valence-corrected chi connectivity index (χ2v) is 3.71. The maximum atomic E-state index is 11.2. The van der Waals surface area contributed by atoms with Crippen LogP contribution in [0, 0.1) is 5.92 Å². The summed E-state index contributed by atoms with van der Waals surface area (Å²) in [5, 5.41) is 20.0. The van der Waals surface area contributed by atoms with Gasteiger partial charge in [0.25, 0.3) is 0 Å². The van der Waals surface area contributed by atoms with Crippen LogP contribution in [0.15, 0.2) is 0 Å². The first kappa shape index (κ1) is 12.9. The van der Waals surface area contributed by atoms with E-state index in [0.717, 1.165) is 0 Å². The lowest BCUT2D eigenvalue weighted by Gasteiger charge is -2.15. The van der Waals surface area contributed by atoms with Crippen molar-refractivity contribution < 1.29 is 19.8 Å². The Kier molecular flexibility index (Phi) is 5.15. The number of aliphatic hydroxyl groups excluding tert-OH is 1. The second kappa shape index (κ2) is 5.59. The molecule has 3 N–H and O–H groups in total. The average molecular weight is 203 g/mol. The van der Waals surface area contributed by atoms with Crippen molar-refractivity contribution >= 4 is 11.9 Å². The third kappa shape index (κ3) is 4.81. The van der Waals surface area contributed by atoms with Crippen LogP contribution in [0.5, 0.6) is 0 Å². The van der Waals surface area contributed by atoms with Gasteiger partial charge in [-0.25, -0.2) is 0 Å². The van der Waals surface area contributed by atoms with E-state index < -0.39 is 24.0 Å². The van der Waals surface area contributed by atoms with Gasteiger partial charge in [0.2, 0.25) is 5.91 Å². The van der Waals surface area contributed by atoms with Crippen LogP contribution in [0.25, 0.3) is 0 Å². The largest absolute Gasteiger partial charge is 0.480 e. The fourth-order valence-corrected chi connectivity index (χ4v) is 0.925. The SMILES string of the molecule is CC(C)CC(O)C(=O)NC(C)C(=O)O. The number of amides is 1. The molecule has 0 aliphatic heterocycles. The summed E-state index contributed by atoms with van der Waals surface area (Å²) in [5.41, 5.74) is 0. The number of aliphatic carboxylic acids is 1. The Morgan fingerprint density at radius 3 is 2.14 bits per heavy atom. The van der Waals surface area contributed by atoms with E-state index in [-0.39, 0.29) is 5.92 Å². The molecule has 1 amide bonds. The number of carboxylic acid groups (broad SMARTS) is 1. The van der Waals surface area contributed by atoms with Crippen LogP contribution >= 0.6 is 0 Å². The van der Waals surface area contributed by atoms with Crippen molar-refractivity contribution in [2.75, 3.05) is 0 Å². The van der Waals surface area contributed by atoms with Crippen LogP contribution in [0.3, 0.4) is 0 Å². The van der Waals surface area contributed by atoms with Crippen LogP contribution in [-0.2, 0) is 9.59 Å². The number of carboxylic acids is 1. The number of nitrogens with one attached hydrogen (secondary N) is 1. The Hall–Kier alpha value is -1.10. The topological polar surface area (TPSA) is 86.6 Å². The lowest BCUT2D eigenvalue weighted by Crippen LogP contribution is -2.44. The molecule has 0 aromatic rings. The Morgan fingerprint density at radius 2 is 1.79 bits per heavy atom. The fourth-order valence-electron chi connectivity index (χ4n) is 0.925. The molecule has 2 atom stereocenters. The minimum absolute atomic E-state index is 0.191. The monoisotopic (exact) mass is 203 g/mol. The molecule has 14 heavy (non-hydrogen) atoms. The quantitative estimate of drug-likeness (QED) is 0.586. The molecule has 2 unspecified atom stereocenters. The molecule has 0 radical (unpaired) electrons. The highest BCUT2D eigenvalue weighted by Crippen LogP contribution is 2.04. The molecule has 0 aromatic heterocycles. The van der Waals surface area contributed by atoms with Gasteiger partial charge < -0.3 is 15.5 Å². The van der Waals surface area contributed by atoms with Crippen LogP contribution in [0.4, 0.5) is 0 Å². The zero-order chi connectivity index (χ0) is 11.3. The second-order valence-electron chi connectivity index (χ2n) is 3.71. The van der Waals surface area contributed by atoms with Crippen molar-refractivity contribution in [1.29, 1.82) is 0 Å². The Morgan fingerprint density at radius 1 is 1.29 bits per heavy atom. The molecule has 0 bridgehead atoms. The number of rotatable bonds is 5. The van der Waals surface area contributed by atoms with Gasteiger partial charge in [-0.3, -0.25) is 9.59 Å². The van der Waals surface area contributed by atoms with Gasteiger partial charge >= 0.3 is 5.97 Å². The van der Waals surface area contributed by atoms with Crippen LogP contribution < -0.4 is 5.32 Å². The van der Waals surface area contributed by atoms with E-state index in [2.05, 4.69) is 5.32 Å². The van der Waals surface area contributed by atoms with E-state index in [1.165, 1.54) is 6.92 Å². The van der Waals surface area contributed by atoms with Crippen LogP contribution in [-0.4, -0.2) is 34.2 Å². The average Bonchev–Trinajstić information content (AvgIpc) is 2.02. The maximum absolute atomic E-state index is 11.2. The van der Waals surface area contributed by atoms with E-state index in [9.17, 15) is 14.7 Å². The van der Waals surface area contributed by atoms with Gasteiger partial charge in [0.1, 0.15) is 12.1 Å². The standard InChI is InChI=1S/C9H17NO4/c1-5(2)4-7(11)8(12)10-6(3)9(13)14/h5-7,11H,4H2,1-3H3,(H,10,12)(H,13,14). The first-order valence-corrected chi connectivity index (χ1v) is 4.55. The van der Waals surface area contributed by atoms with Crippen molar-refractivity contribution in [3.63, 3.8) is 0 Å². The molecule has 0 aromatic carbocycles. The van der Waals surface area contributed by atoms with Crippen molar-refractivity contribution in [1.82, 2.24) is 5.32 Å². The van der Waals surface area contributed by atoms with Gasteiger partial charge in [-0.15, -0.1) is 0 Å². The molecule has 0 rings (SSSR count). The molecule has 0 fully saturated rings. The molecule has 5 heteroatoms. The minimum atomic E-state index is -1.13. The number of carbonyl (C=O) groups is 2. The summed E-state index contributed by atoms with van der Waals surface area (Å²) in [6, 6.07) is -0.968. The smallest absolute Gasteiger partial charge is 0.325 e. The molecule has 0 aliphatic rings. The lowest BCUT2D eigenvalue weighted by molar-refractivity contribution is -0.143. The maximum Gasteiger partial charge on any atom is 0.325 e. The molecular formula is C9H17NO4. The summed E-state index contributed by atoms with van der Waals surface area (Å²) in [7, 11) is 0. The Labute approximate surface area is 83.1 Å². The zero-order valence-electron chi connectivity index (χ0n) is 8.65. The number of aliphatic hydroxyl groups is 1. The summed E-state index contributed by atoms with van der Waals surface area (Å²) in [4.78, 5) is 21.6. The Bertz CT molecular complexity index is 215. The predicted octanol–water partition coefficient (Wildman–Crippen LogP) is -0.0173. The normalized spacial score (nSPS) is 14.9. The summed E-state index contributed by atoms with van der Waals surface area (Å²) in [6.45, 7) is 5.09. The van der Waals surface area contributed by atoms with Crippen LogP contribution in [0.2, 0.25) is 0 Å². The lowest BCUT2D eigenvalue weighted by atomic mass is 10.1. The predicted molar refractivity (Wildman–Crippen MR) is 50.7 cm³/mol. The van der Waals surface area contributed by atoms with Crippen molar-refractivity contribution in [3.05, 3.63) is 0 Å². The highest BCUT2D eigenvalue weighted by atomic mass is 16.4. The molecule has 0 spiro atoms. The van der Waals surface area contributed by atoms with Gasteiger partial charge in [0.05, 0.1) is 0 Å². The van der Waals surface area contributed by atoms with Gasteiger partial charge in [-0.05, 0) is 19.3 Å². The van der Waals surface area contributed by atoms with E-state index >= 15 is 0 Å². The van der Waals surface area contributed by atoms with Crippen LogP contribution in [0.1, 0.15) is 27.2 Å². The molecule has 5 nitrogen and oxygen atoms in total. The first-order valence-electron chi connectivity index (χ1n) is 4.55. The number of carbonyl (C=O) groups excluding carboxylic acids is 1. The highest BCUT2D eigenvalue weighted by Gasteiger charge is 2.20. The van der Waals surface area contributed by atoms with E-state index in [4.69, 9.17) is 5.11 Å². The van der Waals surface area contributed by atoms with E-state index in [1.54, 1.807) is 0 Å². The molecule has 82 valence electrons. The van der Waals surface area contributed by atoms with Gasteiger partial charge in [0.15, 0.2) is 0 Å². The zero-order valence-corrected chi connectivity index (χ0v) is 8.65. The fraction of sp³-hybridized carbons (Fsp3) is 0.778. The molecule has 0 saturated carbocycles. The summed E-state index contributed by atoms with van der Waals surface area (Å²) < 4.78 is 0. The molecular weight excluding hydrogens is 186 g/mol. The Balaban J connectivity index is 4.01. The summed E-state index contributed by atoms with van der Waals surface area (Å²) in [5.74, 6) is -1.56. The summed E-state index contributed by atoms with van der Waals surface area (Å²) >= 11 is 0. The van der Waals surface area contributed by atoms with E-state index in [0.29, 0.717) is 6.42 Å². The molecule has 0 heterocycles. The highest BCUT2D eigenvalue weighted by molar-refractivity contribution is 5.85. The van der Waals surface area contributed by atoms with Crippen molar-refractivity contribution in [2.45, 2.75) is 39.3 Å². The van der Waals surface area contributed by atoms with Gasteiger partial charge in [-0.1, -0.05) is 13.8 Å². The number of hydrogen-bond donors (Lipinski definition) is 3. The van der Waals surface area contributed by atoms with Gasteiger partial charge in [0, 0.05) is 0 Å². The summed E-state index contributed by atoms with van der Waals surface area (Å²) in [6.07, 6.45) is -0.796. The molecule has 0 aliphatic carbocycles. The van der Waals surface area contributed by atoms with E-state index in [1.807, 2.05) is 13.8 Å². The van der Waals surface area contributed by atoms with Crippen molar-refractivity contribution in [2.24, 2.45) is 5.92 Å². The number of hydrogen-bond acceptors (Lipinski definition) is 3. The van der Waals surface area contributed by atoms with Crippen molar-refractivity contribution in [3.8, 4) is 0 Å². The minimum Gasteiger partial charge on any atom is -0.480 e. The molecule has 0 saturated heterocycles. The first-order chi connectivity index (χ1) is 6.34. The third-order valence-corrected chi connectivity index (χ3v) is 1.73.